The lowest BCUT2D eigenvalue weighted by Gasteiger charge is -2.62. The van der Waals surface area contributed by atoms with E-state index in [4.69, 9.17) is 9.15 Å². The number of hydrogen-bond acceptors (Lipinski definition) is 7. The molecule has 6 rings (SSSR count). The molecule has 4 aliphatic carbocycles. The molecule has 1 spiro atoms. The van der Waals surface area contributed by atoms with Crippen molar-refractivity contribution in [2.24, 2.45) is 22.7 Å². The Bertz CT molecular complexity index is 970. The molecule has 1 saturated heterocycles. The first-order valence-corrected chi connectivity index (χ1v) is 11.5. The Morgan fingerprint density at radius 2 is 1.87 bits per heavy atom. The number of hydrogen-bond donors (Lipinski definition) is 3. The molecule has 168 valence electrons. The summed E-state index contributed by atoms with van der Waals surface area (Å²) in [4.78, 5) is 24.0. The molecule has 2 heterocycles. The molecular weight excluding hydrogens is 400 g/mol. The smallest absolute Gasteiger partial charge is 0.335 e. The zero-order chi connectivity index (χ0) is 21.8. The maximum Gasteiger partial charge on any atom is 0.335 e. The number of aliphatic hydroxyl groups excluding tert-OH is 2. The molecule has 1 aliphatic heterocycles. The van der Waals surface area contributed by atoms with Gasteiger partial charge >= 0.3 is 5.63 Å². The van der Waals surface area contributed by atoms with Crippen LogP contribution in [0, 0.1) is 22.7 Å². The summed E-state index contributed by atoms with van der Waals surface area (Å²) in [6, 6.07) is 3.13. The molecule has 0 aromatic carbocycles. The average molecular weight is 430 g/mol. The Hall–Kier alpha value is -1.54. The van der Waals surface area contributed by atoms with Crippen molar-refractivity contribution >= 4 is 6.29 Å². The summed E-state index contributed by atoms with van der Waals surface area (Å²) in [6.07, 6.45) is 4.77. The van der Waals surface area contributed by atoms with E-state index in [1.165, 1.54) is 12.3 Å². The first-order valence-electron chi connectivity index (χ1n) is 11.5. The largest absolute Gasteiger partial charge is 0.431 e. The first-order chi connectivity index (χ1) is 14.7. The van der Waals surface area contributed by atoms with Crippen LogP contribution in [0.3, 0.4) is 0 Å². The molecule has 31 heavy (non-hydrogen) atoms. The normalized spacial score (nSPS) is 54.8. The van der Waals surface area contributed by atoms with Gasteiger partial charge in [-0.05, 0) is 62.0 Å². The molecule has 10 atom stereocenters. The molecule has 5 aliphatic rings. The second-order valence-electron chi connectivity index (χ2n) is 11.0. The van der Waals surface area contributed by atoms with Crippen LogP contribution in [0.25, 0.3) is 0 Å². The number of ether oxygens (including phenoxy) is 1. The van der Waals surface area contributed by atoms with Crippen LogP contribution in [0.1, 0.15) is 63.4 Å². The number of fused-ring (bicyclic) bond motifs is 3. The number of aldehydes is 1. The molecule has 1 aromatic heterocycles. The van der Waals surface area contributed by atoms with Gasteiger partial charge in [-0.1, -0.05) is 6.92 Å². The number of epoxide rings is 1. The third-order valence-corrected chi connectivity index (χ3v) is 10.1. The van der Waals surface area contributed by atoms with Gasteiger partial charge in [0.05, 0.1) is 29.5 Å². The van der Waals surface area contributed by atoms with E-state index in [0.717, 1.165) is 24.7 Å². The monoisotopic (exact) mass is 430 g/mol. The summed E-state index contributed by atoms with van der Waals surface area (Å²) in [6.45, 7) is 2.16. The standard InChI is InChI=1S/C24H30O7/c1-21-7-5-15-16(6-9-23(29)10-14(26)4-8-22(15,23)12-25)24(21)20(31-24)19(28)18(21)13-2-3-17(27)30-11-13/h2-3,11-12,14-16,18-20,26,28-29H,4-10H2,1H3/t14-,15-,16-,18-,19+,20+,21+,22-,23-,24+/m0/s1. The van der Waals surface area contributed by atoms with Crippen molar-refractivity contribution < 1.29 is 29.3 Å². The van der Waals surface area contributed by atoms with E-state index in [9.17, 15) is 24.9 Å². The van der Waals surface area contributed by atoms with Gasteiger partial charge in [0.2, 0.25) is 0 Å². The fourth-order valence-electron chi connectivity index (χ4n) is 8.76. The quantitative estimate of drug-likeness (QED) is 0.481. The van der Waals surface area contributed by atoms with Crippen molar-refractivity contribution in [2.45, 2.75) is 87.3 Å². The highest BCUT2D eigenvalue weighted by molar-refractivity contribution is 5.64. The second kappa shape index (κ2) is 6.07. The highest BCUT2D eigenvalue weighted by atomic mass is 16.6. The van der Waals surface area contributed by atoms with Gasteiger partial charge < -0.3 is 29.3 Å². The number of carbonyl (C=O) groups is 1. The van der Waals surface area contributed by atoms with Crippen LogP contribution in [0.4, 0.5) is 0 Å². The van der Waals surface area contributed by atoms with E-state index in [1.54, 1.807) is 6.07 Å². The Kier molecular flexibility index (Phi) is 3.93. The van der Waals surface area contributed by atoms with Gasteiger partial charge in [0.25, 0.3) is 0 Å². The van der Waals surface area contributed by atoms with Crippen molar-refractivity contribution in [2.75, 3.05) is 0 Å². The lowest BCUT2D eigenvalue weighted by Crippen LogP contribution is -2.66. The van der Waals surface area contributed by atoms with Crippen molar-refractivity contribution in [1.82, 2.24) is 0 Å². The Morgan fingerprint density at radius 1 is 1.10 bits per heavy atom. The summed E-state index contributed by atoms with van der Waals surface area (Å²) in [5.74, 6) is -0.181. The lowest BCUT2D eigenvalue weighted by atomic mass is 9.42. The minimum Gasteiger partial charge on any atom is -0.431 e. The third-order valence-electron chi connectivity index (χ3n) is 10.1. The molecule has 4 saturated carbocycles. The third kappa shape index (κ3) is 2.19. The minimum atomic E-state index is -1.18. The van der Waals surface area contributed by atoms with Gasteiger partial charge in [0.1, 0.15) is 18.0 Å². The van der Waals surface area contributed by atoms with Gasteiger partial charge in [-0.25, -0.2) is 4.79 Å². The summed E-state index contributed by atoms with van der Waals surface area (Å²) in [7, 11) is 0. The highest BCUT2D eigenvalue weighted by Gasteiger charge is 2.84. The van der Waals surface area contributed by atoms with Crippen LogP contribution in [-0.4, -0.2) is 51.1 Å². The van der Waals surface area contributed by atoms with Gasteiger partial charge in [-0.15, -0.1) is 0 Å². The summed E-state index contributed by atoms with van der Waals surface area (Å²) < 4.78 is 11.5. The molecule has 0 radical (unpaired) electrons. The molecule has 1 aromatic rings. The van der Waals surface area contributed by atoms with Gasteiger partial charge in [-0.2, -0.15) is 0 Å². The molecule has 7 nitrogen and oxygen atoms in total. The molecule has 7 heteroatoms. The molecule has 0 unspecified atom stereocenters. The van der Waals surface area contributed by atoms with Crippen LogP contribution < -0.4 is 5.63 Å². The van der Waals surface area contributed by atoms with Gasteiger partial charge in [0.15, 0.2) is 0 Å². The minimum absolute atomic E-state index is 0.0334. The Balaban J connectivity index is 1.42. The van der Waals surface area contributed by atoms with Crippen molar-refractivity contribution in [3.63, 3.8) is 0 Å². The molecular formula is C24H30O7. The molecule has 3 N–H and O–H groups in total. The van der Waals surface area contributed by atoms with E-state index < -0.39 is 34.5 Å². The molecule has 0 amide bonds. The van der Waals surface area contributed by atoms with Crippen LogP contribution >= 0.6 is 0 Å². The SMILES string of the molecule is C[C@]12CC[C@H]3[C@H](CC[C@]4(O)C[C@@H](O)CC[C@]34C=O)[C@]13O[C@@H]3[C@H](O)[C@@H]2c1ccc(=O)oc1. The highest BCUT2D eigenvalue weighted by Crippen LogP contribution is 2.78. The zero-order valence-electron chi connectivity index (χ0n) is 17.7. The fraction of sp³-hybridized carbons (Fsp3) is 0.750. The van der Waals surface area contributed by atoms with E-state index >= 15 is 0 Å². The fourth-order valence-corrected chi connectivity index (χ4v) is 8.76. The first kappa shape index (κ1) is 20.1. The van der Waals surface area contributed by atoms with Gasteiger partial charge in [-0.3, -0.25) is 0 Å². The Morgan fingerprint density at radius 3 is 2.58 bits per heavy atom. The predicted molar refractivity (Wildman–Crippen MR) is 108 cm³/mol. The van der Waals surface area contributed by atoms with E-state index in [0.29, 0.717) is 25.7 Å². The summed E-state index contributed by atoms with van der Waals surface area (Å²) in [5, 5.41) is 33.0. The average Bonchev–Trinajstić information content (AvgIpc) is 3.45. The van der Waals surface area contributed by atoms with E-state index in [2.05, 4.69) is 6.92 Å². The van der Waals surface area contributed by atoms with Crippen LogP contribution in [0.15, 0.2) is 27.6 Å². The molecule has 5 fully saturated rings. The maximum atomic E-state index is 12.6. The van der Waals surface area contributed by atoms with Gasteiger partial charge in [0, 0.05) is 23.8 Å². The van der Waals surface area contributed by atoms with Crippen LogP contribution in [-0.2, 0) is 9.53 Å². The van der Waals surface area contributed by atoms with Crippen molar-refractivity contribution in [3.05, 3.63) is 34.4 Å². The van der Waals surface area contributed by atoms with E-state index in [-0.39, 0.29) is 35.7 Å². The Labute approximate surface area is 180 Å². The summed E-state index contributed by atoms with van der Waals surface area (Å²) >= 11 is 0. The van der Waals surface area contributed by atoms with E-state index in [1.807, 2.05) is 0 Å². The number of carbonyl (C=O) groups excluding carboxylic acids is 1. The predicted octanol–water partition coefficient (Wildman–Crippen LogP) is 1.52. The number of aliphatic hydroxyl groups is 3. The second-order valence-corrected chi connectivity index (χ2v) is 11.0. The van der Waals surface area contributed by atoms with Crippen molar-refractivity contribution in [1.29, 1.82) is 0 Å². The maximum absolute atomic E-state index is 12.6. The lowest BCUT2D eigenvalue weighted by molar-refractivity contribution is -0.219. The topological polar surface area (TPSA) is 121 Å². The van der Waals surface area contributed by atoms with Crippen LogP contribution in [0.2, 0.25) is 0 Å². The number of rotatable bonds is 2. The van der Waals surface area contributed by atoms with Crippen molar-refractivity contribution in [3.8, 4) is 0 Å². The zero-order valence-corrected chi connectivity index (χ0v) is 17.7. The summed E-state index contributed by atoms with van der Waals surface area (Å²) in [5.41, 5.74) is -2.55. The van der Waals surface area contributed by atoms with Crippen LogP contribution in [0.5, 0.6) is 0 Å². The molecule has 0 bridgehead atoms.